The van der Waals surface area contributed by atoms with Crippen LogP contribution in [0.5, 0.6) is 5.75 Å². The maximum Gasteiger partial charge on any atom is 0.166 e. The van der Waals surface area contributed by atoms with Gasteiger partial charge in [0.25, 0.3) is 0 Å². The first-order chi connectivity index (χ1) is 9.83. The minimum absolute atomic E-state index is 0.296. The van der Waals surface area contributed by atoms with Gasteiger partial charge in [0.15, 0.2) is 5.16 Å². The number of hydrogen-bond acceptors (Lipinski definition) is 4. The SMILES string of the molecule is CN(C)CCOc1ccc2nc(SCC(C)(C)C)[nH]c2c1. The Morgan fingerprint density at radius 3 is 2.71 bits per heavy atom. The fourth-order valence-corrected chi connectivity index (χ4v) is 2.67. The third kappa shape index (κ3) is 5.25. The molecule has 0 radical (unpaired) electrons. The number of hydrogen-bond donors (Lipinski definition) is 1. The second-order valence-electron chi connectivity index (χ2n) is 6.72. The van der Waals surface area contributed by atoms with Crippen molar-refractivity contribution >= 4 is 22.8 Å². The van der Waals surface area contributed by atoms with Crippen molar-refractivity contribution in [2.24, 2.45) is 5.41 Å². The molecule has 0 aliphatic heterocycles. The number of nitrogens with one attached hydrogen (secondary N) is 1. The van der Waals surface area contributed by atoms with E-state index < -0.39 is 0 Å². The van der Waals surface area contributed by atoms with E-state index in [1.54, 1.807) is 11.8 Å². The number of H-pyrrole nitrogens is 1. The fourth-order valence-electron chi connectivity index (χ4n) is 1.75. The predicted molar refractivity (Wildman–Crippen MR) is 90.3 cm³/mol. The van der Waals surface area contributed by atoms with Crippen molar-refractivity contribution in [3.8, 4) is 5.75 Å². The van der Waals surface area contributed by atoms with Crippen LogP contribution in [0.3, 0.4) is 0 Å². The minimum Gasteiger partial charge on any atom is -0.492 e. The van der Waals surface area contributed by atoms with Crippen LogP contribution in [0, 0.1) is 5.41 Å². The summed E-state index contributed by atoms with van der Waals surface area (Å²) in [5.41, 5.74) is 2.32. The second-order valence-corrected chi connectivity index (χ2v) is 7.69. The fraction of sp³-hybridized carbons (Fsp3) is 0.562. The molecule has 0 fully saturated rings. The summed E-state index contributed by atoms with van der Waals surface area (Å²) in [7, 11) is 4.08. The molecule has 4 nitrogen and oxygen atoms in total. The van der Waals surface area contributed by atoms with Crippen LogP contribution >= 0.6 is 11.8 Å². The lowest BCUT2D eigenvalue weighted by molar-refractivity contribution is 0.261. The molecular weight excluding hydrogens is 282 g/mol. The molecule has 0 bridgehead atoms. The molecule has 2 rings (SSSR count). The van der Waals surface area contributed by atoms with Crippen LogP contribution in [-0.2, 0) is 0 Å². The van der Waals surface area contributed by atoms with E-state index in [2.05, 4.69) is 35.6 Å². The van der Waals surface area contributed by atoms with Gasteiger partial charge in [-0.25, -0.2) is 4.98 Å². The average Bonchev–Trinajstić information content (AvgIpc) is 2.77. The van der Waals surface area contributed by atoms with Crippen molar-refractivity contribution in [1.29, 1.82) is 0 Å². The number of imidazole rings is 1. The lowest BCUT2D eigenvalue weighted by atomic mass is 10.0. The van der Waals surface area contributed by atoms with Gasteiger partial charge in [0, 0.05) is 18.4 Å². The van der Waals surface area contributed by atoms with E-state index in [1.165, 1.54) is 0 Å². The van der Waals surface area contributed by atoms with E-state index in [-0.39, 0.29) is 0 Å². The Balaban J connectivity index is 2.02. The summed E-state index contributed by atoms with van der Waals surface area (Å²) in [6.45, 7) is 8.31. The standard InChI is InChI=1S/C16H25N3OS/c1-16(2,3)11-21-15-17-13-7-6-12(10-14(13)18-15)20-9-8-19(4)5/h6-7,10H,8-9,11H2,1-5H3,(H,17,18). The summed E-state index contributed by atoms with van der Waals surface area (Å²) in [5.74, 6) is 1.93. The third-order valence-electron chi connectivity index (χ3n) is 2.88. The molecule has 0 amide bonds. The molecule has 0 atom stereocenters. The first-order valence-electron chi connectivity index (χ1n) is 7.24. The lowest BCUT2D eigenvalue weighted by Gasteiger charge is -2.15. The summed E-state index contributed by atoms with van der Waals surface area (Å²) in [6.07, 6.45) is 0. The molecule has 0 saturated heterocycles. The summed E-state index contributed by atoms with van der Waals surface area (Å²) >= 11 is 1.77. The monoisotopic (exact) mass is 307 g/mol. The molecular formula is C16H25N3OS. The highest BCUT2D eigenvalue weighted by atomic mass is 32.2. The van der Waals surface area contributed by atoms with Crippen molar-refractivity contribution in [1.82, 2.24) is 14.9 Å². The normalized spacial score (nSPS) is 12.3. The summed E-state index contributed by atoms with van der Waals surface area (Å²) in [4.78, 5) is 10.1. The first-order valence-corrected chi connectivity index (χ1v) is 8.22. The Morgan fingerprint density at radius 1 is 1.29 bits per heavy atom. The van der Waals surface area contributed by atoms with Crippen molar-refractivity contribution in [2.45, 2.75) is 25.9 Å². The van der Waals surface area contributed by atoms with Crippen LogP contribution in [-0.4, -0.2) is 47.9 Å². The summed E-state index contributed by atoms with van der Waals surface area (Å²) < 4.78 is 5.75. The molecule has 1 N–H and O–H groups in total. The lowest BCUT2D eigenvalue weighted by Crippen LogP contribution is -2.19. The van der Waals surface area contributed by atoms with Crippen LogP contribution in [0.15, 0.2) is 23.4 Å². The Hall–Kier alpha value is -1.20. The van der Waals surface area contributed by atoms with Gasteiger partial charge in [0.05, 0.1) is 11.0 Å². The Bertz CT molecular complexity index is 587. The zero-order valence-electron chi connectivity index (χ0n) is 13.6. The van der Waals surface area contributed by atoms with E-state index in [1.807, 2.05) is 32.3 Å². The van der Waals surface area contributed by atoms with Crippen LogP contribution in [0.4, 0.5) is 0 Å². The molecule has 1 aromatic heterocycles. The molecule has 1 aromatic carbocycles. The van der Waals surface area contributed by atoms with Crippen molar-refractivity contribution < 1.29 is 4.74 Å². The van der Waals surface area contributed by atoms with Gasteiger partial charge in [-0.05, 0) is 31.6 Å². The molecule has 116 valence electrons. The quantitative estimate of drug-likeness (QED) is 0.827. The first kappa shape index (κ1) is 16.2. The van der Waals surface area contributed by atoms with Gasteiger partial charge in [-0.1, -0.05) is 32.5 Å². The van der Waals surface area contributed by atoms with Crippen molar-refractivity contribution in [3.05, 3.63) is 18.2 Å². The Labute approximate surface area is 131 Å². The largest absolute Gasteiger partial charge is 0.492 e. The molecule has 0 unspecified atom stereocenters. The number of likely N-dealkylation sites (N-methyl/N-ethyl adjacent to an activating group) is 1. The Kier molecular flexibility index (Phi) is 5.17. The van der Waals surface area contributed by atoms with Crippen LogP contribution in [0.2, 0.25) is 0 Å². The number of rotatable bonds is 6. The van der Waals surface area contributed by atoms with E-state index in [9.17, 15) is 0 Å². The molecule has 1 heterocycles. The number of benzene rings is 1. The molecule has 5 heteroatoms. The topological polar surface area (TPSA) is 41.1 Å². The maximum atomic E-state index is 5.75. The second kappa shape index (κ2) is 6.71. The van der Waals surface area contributed by atoms with Crippen molar-refractivity contribution in [2.75, 3.05) is 33.0 Å². The number of aromatic nitrogens is 2. The van der Waals surface area contributed by atoms with Gasteiger partial charge in [-0.2, -0.15) is 0 Å². The molecule has 0 aliphatic rings. The summed E-state index contributed by atoms with van der Waals surface area (Å²) in [6, 6.07) is 6.02. The number of thioether (sulfide) groups is 1. The highest BCUT2D eigenvalue weighted by molar-refractivity contribution is 7.99. The van der Waals surface area contributed by atoms with Gasteiger partial charge >= 0.3 is 0 Å². The zero-order chi connectivity index (χ0) is 15.5. The molecule has 2 aromatic rings. The molecule has 0 spiro atoms. The van der Waals surface area contributed by atoms with Gasteiger partial charge in [0.1, 0.15) is 12.4 Å². The number of fused-ring (bicyclic) bond motifs is 1. The van der Waals surface area contributed by atoms with E-state index >= 15 is 0 Å². The minimum atomic E-state index is 0.296. The van der Waals surface area contributed by atoms with Gasteiger partial charge in [0.2, 0.25) is 0 Å². The van der Waals surface area contributed by atoms with Crippen LogP contribution in [0.25, 0.3) is 11.0 Å². The highest BCUT2D eigenvalue weighted by Gasteiger charge is 2.12. The zero-order valence-corrected chi connectivity index (χ0v) is 14.4. The van der Waals surface area contributed by atoms with E-state index in [4.69, 9.17) is 4.74 Å². The third-order valence-corrected chi connectivity index (χ3v) is 4.36. The molecule has 0 aliphatic carbocycles. The summed E-state index contributed by atoms with van der Waals surface area (Å²) in [5, 5.41) is 0.977. The Morgan fingerprint density at radius 2 is 2.05 bits per heavy atom. The van der Waals surface area contributed by atoms with Crippen LogP contribution < -0.4 is 4.74 Å². The van der Waals surface area contributed by atoms with Crippen molar-refractivity contribution in [3.63, 3.8) is 0 Å². The van der Waals surface area contributed by atoms with Gasteiger partial charge in [-0.3, -0.25) is 0 Å². The van der Waals surface area contributed by atoms with E-state index in [0.29, 0.717) is 12.0 Å². The van der Waals surface area contributed by atoms with Crippen LogP contribution in [0.1, 0.15) is 20.8 Å². The molecule has 21 heavy (non-hydrogen) atoms. The average molecular weight is 307 g/mol. The smallest absolute Gasteiger partial charge is 0.166 e. The molecule has 0 saturated carbocycles. The maximum absolute atomic E-state index is 5.75. The van der Waals surface area contributed by atoms with Gasteiger partial charge < -0.3 is 14.6 Å². The van der Waals surface area contributed by atoms with Gasteiger partial charge in [-0.15, -0.1) is 0 Å². The number of aromatic amines is 1. The predicted octanol–water partition coefficient (Wildman–Crippen LogP) is 3.64. The van der Waals surface area contributed by atoms with E-state index in [0.717, 1.165) is 34.2 Å². The number of ether oxygens (including phenoxy) is 1. The highest BCUT2D eigenvalue weighted by Crippen LogP contribution is 2.28. The number of nitrogens with zero attached hydrogens (tertiary/aromatic N) is 2.